The molecule has 0 aliphatic heterocycles. The number of benzene rings is 1. The van der Waals surface area contributed by atoms with Gasteiger partial charge in [-0.1, -0.05) is 11.6 Å². The van der Waals surface area contributed by atoms with Crippen molar-refractivity contribution in [2.45, 2.75) is 12.8 Å². The van der Waals surface area contributed by atoms with Gasteiger partial charge < -0.3 is 19.9 Å². The number of halogens is 1. The van der Waals surface area contributed by atoms with Gasteiger partial charge in [-0.05, 0) is 24.6 Å². The van der Waals surface area contributed by atoms with Crippen molar-refractivity contribution < 1.29 is 29.0 Å². The summed E-state index contributed by atoms with van der Waals surface area (Å²) in [6, 6.07) is 3.92. The van der Waals surface area contributed by atoms with Gasteiger partial charge in [-0.25, -0.2) is 4.79 Å². The topological polar surface area (TPSA) is 102 Å². The second kappa shape index (κ2) is 8.89. The maximum atomic E-state index is 11.7. The molecular weight excluding hydrogens is 314 g/mol. The molecular formula is C14H16ClNO6. The first-order chi connectivity index (χ1) is 10.4. The van der Waals surface area contributed by atoms with Crippen LogP contribution in [0.1, 0.15) is 23.2 Å². The average molecular weight is 330 g/mol. The summed E-state index contributed by atoms with van der Waals surface area (Å²) in [5.74, 6) is -2.02. The number of methoxy groups -OCH3 is 1. The van der Waals surface area contributed by atoms with Gasteiger partial charge in [0.05, 0.1) is 7.11 Å². The van der Waals surface area contributed by atoms with Crippen LogP contribution in [0, 0.1) is 0 Å². The number of phenolic OH excluding ortho intramolecular Hbond substituents is 1. The fourth-order valence-electron chi connectivity index (χ4n) is 1.49. The van der Waals surface area contributed by atoms with Crippen LogP contribution in [-0.2, 0) is 19.1 Å². The number of rotatable bonds is 7. The Hall–Kier alpha value is -2.28. The fourth-order valence-corrected chi connectivity index (χ4v) is 1.67. The highest BCUT2D eigenvalue weighted by molar-refractivity contribution is 6.31. The van der Waals surface area contributed by atoms with Gasteiger partial charge in [0.2, 0.25) is 0 Å². The molecule has 0 unspecified atom stereocenters. The van der Waals surface area contributed by atoms with E-state index in [9.17, 15) is 19.5 Å². The highest BCUT2D eigenvalue weighted by Crippen LogP contribution is 2.22. The number of phenols is 1. The molecule has 22 heavy (non-hydrogen) atoms. The summed E-state index contributed by atoms with van der Waals surface area (Å²) in [6.45, 7) is -0.239. The van der Waals surface area contributed by atoms with Crippen LogP contribution in [-0.4, -0.2) is 43.2 Å². The molecule has 120 valence electrons. The second-order valence-corrected chi connectivity index (χ2v) is 4.70. The standard InChI is InChI=1S/C14H16ClNO6/c1-21-13(19)3-2-6-16-12(18)8-22-14(20)10-7-9(15)4-5-11(10)17/h4-5,7,17H,2-3,6,8H2,1H3,(H,16,18). The lowest BCUT2D eigenvalue weighted by molar-refractivity contribution is -0.140. The van der Waals surface area contributed by atoms with Crippen LogP contribution in [0.3, 0.4) is 0 Å². The highest BCUT2D eigenvalue weighted by atomic mass is 35.5. The quantitative estimate of drug-likeness (QED) is 0.577. The largest absolute Gasteiger partial charge is 0.507 e. The van der Waals surface area contributed by atoms with Crippen molar-refractivity contribution in [1.82, 2.24) is 5.32 Å². The monoisotopic (exact) mass is 329 g/mol. The van der Waals surface area contributed by atoms with Crippen LogP contribution in [0.15, 0.2) is 18.2 Å². The smallest absolute Gasteiger partial charge is 0.342 e. The maximum Gasteiger partial charge on any atom is 0.342 e. The summed E-state index contributed by atoms with van der Waals surface area (Å²) in [7, 11) is 1.28. The Bertz CT molecular complexity index is 560. The number of hydrogen-bond donors (Lipinski definition) is 2. The molecule has 0 atom stereocenters. The Labute approximate surface area is 132 Å². The molecule has 1 aromatic rings. The maximum absolute atomic E-state index is 11.7. The van der Waals surface area contributed by atoms with Gasteiger partial charge in [0.1, 0.15) is 11.3 Å². The molecule has 0 aliphatic rings. The minimum Gasteiger partial charge on any atom is -0.507 e. The van der Waals surface area contributed by atoms with Crippen molar-refractivity contribution in [3.05, 3.63) is 28.8 Å². The molecule has 1 rings (SSSR count). The van der Waals surface area contributed by atoms with Crippen molar-refractivity contribution in [3.8, 4) is 5.75 Å². The van der Waals surface area contributed by atoms with E-state index in [2.05, 4.69) is 10.1 Å². The summed E-state index contributed by atoms with van der Waals surface area (Å²) >= 11 is 5.71. The minimum absolute atomic E-state index is 0.119. The Morgan fingerprint density at radius 1 is 1.32 bits per heavy atom. The fraction of sp³-hybridized carbons (Fsp3) is 0.357. The lowest BCUT2D eigenvalue weighted by Gasteiger charge is -2.07. The third-order valence-corrected chi connectivity index (χ3v) is 2.86. The number of carbonyl (C=O) groups excluding carboxylic acids is 3. The van der Waals surface area contributed by atoms with E-state index in [0.29, 0.717) is 6.42 Å². The second-order valence-electron chi connectivity index (χ2n) is 4.27. The highest BCUT2D eigenvalue weighted by Gasteiger charge is 2.14. The number of carbonyl (C=O) groups is 3. The van der Waals surface area contributed by atoms with Crippen molar-refractivity contribution in [3.63, 3.8) is 0 Å². The van der Waals surface area contributed by atoms with E-state index in [0.717, 1.165) is 0 Å². The molecule has 0 fully saturated rings. The molecule has 7 nitrogen and oxygen atoms in total. The summed E-state index contributed by atoms with van der Waals surface area (Å²) < 4.78 is 9.21. The van der Waals surface area contributed by atoms with E-state index in [1.807, 2.05) is 0 Å². The van der Waals surface area contributed by atoms with E-state index < -0.39 is 18.5 Å². The number of amides is 1. The van der Waals surface area contributed by atoms with E-state index in [1.165, 1.54) is 25.3 Å². The van der Waals surface area contributed by atoms with Crippen molar-refractivity contribution in [2.75, 3.05) is 20.3 Å². The van der Waals surface area contributed by atoms with Gasteiger partial charge >= 0.3 is 11.9 Å². The summed E-state index contributed by atoms with van der Waals surface area (Å²) in [4.78, 5) is 34.0. The van der Waals surface area contributed by atoms with Crippen molar-refractivity contribution >= 4 is 29.4 Å². The predicted octanol–water partition coefficient (Wildman–Crippen LogP) is 1.27. The van der Waals surface area contributed by atoms with Crippen molar-refractivity contribution in [1.29, 1.82) is 0 Å². The normalized spacial score (nSPS) is 9.91. The Morgan fingerprint density at radius 2 is 2.05 bits per heavy atom. The van der Waals surface area contributed by atoms with Crippen molar-refractivity contribution in [2.24, 2.45) is 0 Å². The van der Waals surface area contributed by atoms with Crippen LogP contribution in [0.5, 0.6) is 5.75 Å². The van der Waals surface area contributed by atoms with Crippen LogP contribution in [0.25, 0.3) is 0 Å². The van der Waals surface area contributed by atoms with Crippen LogP contribution in [0.2, 0.25) is 5.02 Å². The van der Waals surface area contributed by atoms with E-state index in [-0.39, 0.29) is 35.3 Å². The summed E-state index contributed by atoms with van der Waals surface area (Å²) in [6.07, 6.45) is 0.606. The molecule has 0 spiro atoms. The molecule has 0 radical (unpaired) electrons. The van der Waals surface area contributed by atoms with Crippen LogP contribution in [0.4, 0.5) is 0 Å². The molecule has 0 heterocycles. The minimum atomic E-state index is -0.857. The Kier molecular flexibility index (Phi) is 7.18. The SMILES string of the molecule is COC(=O)CCCNC(=O)COC(=O)c1cc(Cl)ccc1O. The zero-order chi connectivity index (χ0) is 16.5. The molecule has 0 saturated carbocycles. The first kappa shape index (κ1) is 17.8. The molecule has 1 aromatic carbocycles. The van der Waals surface area contributed by atoms with Crippen LogP contribution >= 0.6 is 11.6 Å². The third-order valence-electron chi connectivity index (χ3n) is 2.62. The lowest BCUT2D eigenvalue weighted by atomic mass is 10.2. The van der Waals surface area contributed by atoms with Crippen LogP contribution < -0.4 is 5.32 Å². The van der Waals surface area contributed by atoms with Gasteiger partial charge in [-0.15, -0.1) is 0 Å². The number of hydrogen-bond acceptors (Lipinski definition) is 6. The Balaban J connectivity index is 2.33. The zero-order valence-electron chi connectivity index (χ0n) is 11.9. The molecule has 2 N–H and O–H groups in total. The Morgan fingerprint density at radius 3 is 2.73 bits per heavy atom. The first-order valence-electron chi connectivity index (χ1n) is 6.43. The zero-order valence-corrected chi connectivity index (χ0v) is 12.7. The first-order valence-corrected chi connectivity index (χ1v) is 6.81. The molecule has 0 saturated heterocycles. The number of esters is 2. The van der Waals surface area contributed by atoms with Gasteiger partial charge in [0, 0.05) is 18.0 Å². The summed E-state index contributed by atoms with van der Waals surface area (Å²) in [5, 5.41) is 12.3. The molecule has 0 aromatic heterocycles. The lowest BCUT2D eigenvalue weighted by Crippen LogP contribution is -2.29. The molecule has 0 bridgehead atoms. The van der Waals surface area contributed by atoms with Gasteiger partial charge in [0.25, 0.3) is 5.91 Å². The predicted molar refractivity (Wildman–Crippen MR) is 77.7 cm³/mol. The number of aromatic hydroxyl groups is 1. The molecule has 0 aliphatic carbocycles. The third kappa shape index (κ3) is 6.01. The molecule has 8 heteroatoms. The van der Waals surface area contributed by atoms with E-state index >= 15 is 0 Å². The summed E-state index contributed by atoms with van der Waals surface area (Å²) in [5.41, 5.74) is -0.119. The number of ether oxygens (including phenoxy) is 2. The van der Waals surface area contributed by atoms with E-state index in [4.69, 9.17) is 16.3 Å². The van der Waals surface area contributed by atoms with Gasteiger partial charge in [-0.2, -0.15) is 0 Å². The van der Waals surface area contributed by atoms with Gasteiger partial charge in [0.15, 0.2) is 6.61 Å². The van der Waals surface area contributed by atoms with E-state index in [1.54, 1.807) is 0 Å². The molecule has 1 amide bonds. The van der Waals surface area contributed by atoms with Gasteiger partial charge in [-0.3, -0.25) is 9.59 Å². The number of nitrogens with one attached hydrogen (secondary N) is 1. The average Bonchev–Trinajstić information content (AvgIpc) is 2.51.